The summed E-state index contributed by atoms with van der Waals surface area (Å²) in [6.45, 7) is 0.688. The Morgan fingerprint density at radius 3 is 2.29 bits per heavy atom. The molecule has 1 fully saturated rings. The summed E-state index contributed by atoms with van der Waals surface area (Å²) in [4.78, 5) is 7.92. The highest BCUT2D eigenvalue weighted by Crippen LogP contribution is 2.41. The molecule has 0 bridgehead atoms. The third-order valence-electron chi connectivity index (χ3n) is 5.91. The van der Waals surface area contributed by atoms with E-state index in [1.54, 1.807) is 9.29 Å². The zero-order valence-electron chi connectivity index (χ0n) is 18.5. The van der Waals surface area contributed by atoms with Crippen molar-refractivity contribution in [2.24, 2.45) is 0 Å². The normalized spacial score (nSPS) is 16.1. The number of pyridine rings is 2. The van der Waals surface area contributed by atoms with E-state index < -0.39 is 37.0 Å². The maximum Gasteiger partial charge on any atom is 0.404 e. The zero-order valence-corrected chi connectivity index (χ0v) is 20.2. The van der Waals surface area contributed by atoms with Crippen molar-refractivity contribution in [2.75, 3.05) is 6.26 Å². The van der Waals surface area contributed by atoms with Crippen LogP contribution in [0.25, 0.3) is 22.4 Å². The number of alkyl halides is 3. The summed E-state index contributed by atoms with van der Waals surface area (Å²) in [5.41, 5.74) is 1.06. The smallest absolute Gasteiger partial charge is 0.320 e. The molecule has 3 aromatic heterocycles. The van der Waals surface area contributed by atoms with Crippen molar-refractivity contribution in [1.82, 2.24) is 19.3 Å². The van der Waals surface area contributed by atoms with Gasteiger partial charge in [-0.2, -0.15) is 23.2 Å². The van der Waals surface area contributed by atoms with Gasteiger partial charge in [0.1, 0.15) is 22.7 Å². The Hall–Kier alpha value is -3.02. The van der Waals surface area contributed by atoms with E-state index in [-0.39, 0.29) is 22.2 Å². The highest BCUT2D eigenvalue weighted by Gasteiger charge is 2.39. The number of nitriles is 1. The summed E-state index contributed by atoms with van der Waals surface area (Å²) in [5, 5.41) is 10.3. The van der Waals surface area contributed by atoms with Gasteiger partial charge in [-0.1, -0.05) is 0 Å². The molecule has 1 aliphatic carbocycles. The number of rotatable bonds is 6. The van der Waals surface area contributed by atoms with E-state index in [4.69, 9.17) is 0 Å². The zero-order chi connectivity index (χ0) is 25.8. The molecule has 1 N–H and O–H groups in total. The SMILES string of the molecule is C[C@H](NS(=O)(=O)c1ccc(-c2c(C#N)c3cc(S(C)(=O)=O)cnc3n2C2CCC2)nc1)C(F)(F)F. The molecule has 1 aliphatic rings. The first-order valence-corrected chi connectivity index (χ1v) is 13.8. The number of fused-ring (bicyclic) bond motifs is 1. The summed E-state index contributed by atoms with van der Waals surface area (Å²) in [6, 6.07) is 3.53. The molecular weight excluding hydrogens is 507 g/mol. The van der Waals surface area contributed by atoms with Crippen molar-refractivity contribution in [1.29, 1.82) is 5.26 Å². The van der Waals surface area contributed by atoms with Crippen LogP contribution in [-0.4, -0.2) is 49.8 Å². The van der Waals surface area contributed by atoms with E-state index in [9.17, 15) is 35.3 Å². The fraction of sp³-hybridized carbons (Fsp3) is 0.381. The number of sulfone groups is 1. The van der Waals surface area contributed by atoms with Gasteiger partial charge in [0.05, 0.1) is 21.8 Å². The fourth-order valence-corrected chi connectivity index (χ4v) is 5.53. The Labute approximate surface area is 199 Å². The Morgan fingerprint density at radius 2 is 1.80 bits per heavy atom. The fourth-order valence-electron chi connectivity index (χ4n) is 3.78. The Balaban J connectivity index is 1.84. The second-order valence-electron chi connectivity index (χ2n) is 8.37. The number of sulfonamides is 1. The van der Waals surface area contributed by atoms with Gasteiger partial charge in [0.15, 0.2) is 9.84 Å². The van der Waals surface area contributed by atoms with Crippen molar-refractivity contribution >= 4 is 30.9 Å². The first kappa shape index (κ1) is 25.1. The molecule has 3 heterocycles. The Morgan fingerprint density at radius 1 is 1.14 bits per heavy atom. The average Bonchev–Trinajstić information content (AvgIpc) is 3.04. The number of halogens is 3. The minimum atomic E-state index is -4.76. The summed E-state index contributed by atoms with van der Waals surface area (Å²) in [6.07, 6.45) is 0.935. The summed E-state index contributed by atoms with van der Waals surface area (Å²) in [5.74, 6) is 0. The second-order valence-corrected chi connectivity index (χ2v) is 12.1. The van der Waals surface area contributed by atoms with Gasteiger partial charge in [-0.25, -0.2) is 21.8 Å². The highest BCUT2D eigenvalue weighted by molar-refractivity contribution is 7.90. The Bertz CT molecular complexity index is 1550. The molecule has 0 radical (unpaired) electrons. The largest absolute Gasteiger partial charge is 0.404 e. The van der Waals surface area contributed by atoms with E-state index in [0.29, 0.717) is 23.7 Å². The quantitative estimate of drug-likeness (QED) is 0.520. The third-order valence-corrected chi connectivity index (χ3v) is 8.51. The van der Waals surface area contributed by atoms with E-state index in [1.807, 2.05) is 0 Å². The molecule has 0 saturated heterocycles. The number of nitrogens with one attached hydrogen (secondary N) is 1. The van der Waals surface area contributed by atoms with Crippen molar-refractivity contribution in [3.8, 4) is 17.5 Å². The van der Waals surface area contributed by atoms with Gasteiger partial charge >= 0.3 is 6.18 Å². The molecule has 0 aliphatic heterocycles. The number of nitrogens with zero attached hydrogens (tertiary/aromatic N) is 4. The lowest BCUT2D eigenvalue weighted by Crippen LogP contribution is -2.42. The van der Waals surface area contributed by atoms with Gasteiger partial charge in [-0.05, 0) is 44.4 Å². The summed E-state index contributed by atoms with van der Waals surface area (Å²) >= 11 is 0. The molecule has 14 heteroatoms. The molecule has 186 valence electrons. The van der Waals surface area contributed by atoms with E-state index in [0.717, 1.165) is 37.8 Å². The lowest BCUT2D eigenvalue weighted by atomic mass is 9.92. The third kappa shape index (κ3) is 4.63. The predicted octanol–water partition coefficient (Wildman–Crippen LogP) is 3.33. The van der Waals surface area contributed by atoms with Gasteiger partial charge in [0.2, 0.25) is 10.0 Å². The van der Waals surface area contributed by atoms with Crippen LogP contribution >= 0.6 is 0 Å². The van der Waals surface area contributed by atoms with Crippen LogP contribution in [0.3, 0.4) is 0 Å². The van der Waals surface area contributed by atoms with Crippen LogP contribution < -0.4 is 4.72 Å². The molecule has 0 aromatic carbocycles. The molecule has 0 spiro atoms. The maximum absolute atomic E-state index is 12.8. The molecule has 1 atom stereocenters. The minimum absolute atomic E-state index is 0.0225. The summed E-state index contributed by atoms with van der Waals surface area (Å²) in [7, 11) is -8.10. The van der Waals surface area contributed by atoms with Gasteiger partial charge in [0.25, 0.3) is 0 Å². The van der Waals surface area contributed by atoms with E-state index in [2.05, 4.69) is 16.0 Å². The lowest BCUT2D eigenvalue weighted by Gasteiger charge is -2.29. The maximum atomic E-state index is 12.8. The van der Waals surface area contributed by atoms with Crippen molar-refractivity contribution in [3.63, 3.8) is 0 Å². The first-order chi connectivity index (χ1) is 16.2. The van der Waals surface area contributed by atoms with Crippen LogP contribution in [0, 0.1) is 11.3 Å². The molecule has 0 amide bonds. The first-order valence-electron chi connectivity index (χ1n) is 10.4. The van der Waals surface area contributed by atoms with Crippen LogP contribution in [0.4, 0.5) is 13.2 Å². The van der Waals surface area contributed by atoms with Crippen molar-refractivity contribution in [2.45, 2.75) is 54.2 Å². The van der Waals surface area contributed by atoms with Crippen molar-refractivity contribution < 1.29 is 30.0 Å². The van der Waals surface area contributed by atoms with Gasteiger partial charge in [-0.15, -0.1) is 0 Å². The molecular formula is C21H20F3N5O4S2. The van der Waals surface area contributed by atoms with Crippen LogP contribution in [0.5, 0.6) is 0 Å². The Kier molecular flexibility index (Phi) is 6.15. The van der Waals surface area contributed by atoms with E-state index in [1.165, 1.54) is 18.3 Å². The van der Waals surface area contributed by atoms with E-state index >= 15 is 0 Å². The molecule has 9 nitrogen and oxygen atoms in total. The number of aromatic nitrogens is 3. The molecule has 0 unspecified atom stereocenters. The van der Waals surface area contributed by atoms with Crippen LogP contribution in [0.1, 0.15) is 37.8 Å². The van der Waals surface area contributed by atoms with Gasteiger partial charge in [-0.3, -0.25) is 4.98 Å². The number of hydrogen-bond donors (Lipinski definition) is 1. The molecule has 3 aromatic rings. The minimum Gasteiger partial charge on any atom is -0.320 e. The van der Waals surface area contributed by atoms with Gasteiger partial charge < -0.3 is 4.57 Å². The average molecular weight is 528 g/mol. The monoisotopic (exact) mass is 527 g/mol. The van der Waals surface area contributed by atoms with Crippen molar-refractivity contribution in [3.05, 3.63) is 36.2 Å². The number of hydrogen-bond acceptors (Lipinski definition) is 7. The highest BCUT2D eigenvalue weighted by atomic mass is 32.2. The lowest BCUT2D eigenvalue weighted by molar-refractivity contribution is -0.147. The standard InChI is InChI=1S/C21H20F3N5O4S2/c1-12(21(22,23)24)28-35(32,33)14-6-7-18(26-10-14)19-17(9-25)16-8-15(34(2,30)31)11-27-20(16)29(19)13-4-3-5-13/h6-8,10-13,28H,3-5H2,1-2H3/t12-/m0/s1. The topological polar surface area (TPSA) is 135 Å². The van der Waals surface area contributed by atoms with Crippen LogP contribution in [0.2, 0.25) is 0 Å². The molecule has 35 heavy (non-hydrogen) atoms. The summed E-state index contributed by atoms with van der Waals surface area (Å²) < 4.78 is 90.6. The van der Waals surface area contributed by atoms with Crippen LogP contribution in [0.15, 0.2) is 40.4 Å². The second kappa shape index (κ2) is 8.58. The van der Waals surface area contributed by atoms with Gasteiger partial charge in [0, 0.05) is 30.1 Å². The molecule has 1 saturated carbocycles. The predicted molar refractivity (Wildman–Crippen MR) is 120 cm³/mol. The van der Waals surface area contributed by atoms with Crippen LogP contribution in [-0.2, 0) is 19.9 Å². The molecule has 4 rings (SSSR count).